The van der Waals surface area contributed by atoms with Crippen molar-refractivity contribution in [1.29, 1.82) is 0 Å². The molecular formula is C10H8BrFN2. The predicted octanol–water partition coefficient (Wildman–Crippen LogP) is 3.42. The minimum atomic E-state index is -1.07. The van der Waals surface area contributed by atoms with Crippen molar-refractivity contribution in [3.8, 4) is 0 Å². The Labute approximate surface area is 89.3 Å². The van der Waals surface area contributed by atoms with Crippen molar-refractivity contribution in [1.82, 2.24) is 9.97 Å². The summed E-state index contributed by atoms with van der Waals surface area (Å²) in [4.78, 5) is 8.01. The molecule has 2 nitrogen and oxygen atoms in total. The second-order valence-corrected chi connectivity index (χ2v) is 3.95. The molecule has 0 saturated carbocycles. The van der Waals surface area contributed by atoms with Gasteiger partial charge in [-0.15, -0.1) is 0 Å². The minimum absolute atomic E-state index is 0.441. The highest BCUT2D eigenvalue weighted by Gasteiger charge is 2.09. The molecule has 0 aliphatic heterocycles. The summed E-state index contributed by atoms with van der Waals surface area (Å²) in [5.74, 6) is 0. The summed E-state index contributed by atoms with van der Waals surface area (Å²) < 4.78 is 14.1. The van der Waals surface area contributed by atoms with E-state index < -0.39 is 6.17 Å². The van der Waals surface area contributed by atoms with Crippen molar-refractivity contribution in [3.05, 3.63) is 34.7 Å². The van der Waals surface area contributed by atoms with Crippen LogP contribution < -0.4 is 0 Å². The largest absolute Gasteiger partial charge is 0.241 e. The number of hydrogen-bond donors (Lipinski definition) is 0. The van der Waals surface area contributed by atoms with E-state index in [1.165, 1.54) is 13.3 Å². The molecule has 0 saturated heterocycles. The van der Waals surface area contributed by atoms with Crippen LogP contribution in [0.4, 0.5) is 4.39 Å². The first-order valence-corrected chi connectivity index (χ1v) is 5.02. The zero-order valence-corrected chi connectivity index (χ0v) is 9.12. The molecule has 1 unspecified atom stereocenters. The first kappa shape index (κ1) is 9.52. The monoisotopic (exact) mass is 254 g/mol. The van der Waals surface area contributed by atoms with Gasteiger partial charge in [-0.3, -0.25) is 0 Å². The zero-order chi connectivity index (χ0) is 10.1. The Morgan fingerprint density at radius 2 is 2.14 bits per heavy atom. The van der Waals surface area contributed by atoms with Crippen LogP contribution in [0, 0.1) is 0 Å². The fraction of sp³-hybridized carbons (Fsp3) is 0.200. The molecule has 0 bridgehead atoms. The number of rotatable bonds is 1. The molecule has 72 valence electrons. The van der Waals surface area contributed by atoms with Gasteiger partial charge in [-0.2, -0.15) is 0 Å². The van der Waals surface area contributed by atoms with Crippen LogP contribution in [0.3, 0.4) is 0 Å². The molecule has 0 aliphatic rings. The van der Waals surface area contributed by atoms with Gasteiger partial charge in [0.1, 0.15) is 12.5 Å². The highest BCUT2D eigenvalue weighted by Crippen LogP contribution is 2.25. The van der Waals surface area contributed by atoms with Crippen molar-refractivity contribution in [2.75, 3.05) is 0 Å². The van der Waals surface area contributed by atoms with E-state index in [4.69, 9.17) is 0 Å². The van der Waals surface area contributed by atoms with E-state index in [1.54, 1.807) is 0 Å². The molecule has 2 rings (SSSR count). The van der Waals surface area contributed by atoms with Gasteiger partial charge in [0.15, 0.2) is 0 Å². The summed E-state index contributed by atoms with van der Waals surface area (Å²) >= 11 is 3.34. The Hall–Kier alpha value is -1.03. The normalized spacial score (nSPS) is 13.1. The topological polar surface area (TPSA) is 25.8 Å². The summed E-state index contributed by atoms with van der Waals surface area (Å²) in [6, 6.07) is 5.55. The highest BCUT2D eigenvalue weighted by atomic mass is 79.9. The molecule has 1 aromatic carbocycles. The highest BCUT2D eigenvalue weighted by molar-refractivity contribution is 9.10. The SMILES string of the molecule is CC(F)c1ncnc2ccc(Br)cc12. The lowest BCUT2D eigenvalue weighted by atomic mass is 10.1. The second kappa shape index (κ2) is 3.61. The smallest absolute Gasteiger partial charge is 0.140 e. The number of halogens is 2. The van der Waals surface area contributed by atoms with Crippen molar-refractivity contribution >= 4 is 26.8 Å². The van der Waals surface area contributed by atoms with Crippen molar-refractivity contribution in [2.24, 2.45) is 0 Å². The lowest BCUT2D eigenvalue weighted by Gasteiger charge is -2.05. The molecule has 0 aliphatic carbocycles. The summed E-state index contributed by atoms with van der Waals surface area (Å²) in [5.41, 5.74) is 1.21. The van der Waals surface area contributed by atoms with Crippen LogP contribution in [0.2, 0.25) is 0 Å². The summed E-state index contributed by atoms with van der Waals surface area (Å²) in [6.45, 7) is 1.47. The van der Waals surface area contributed by atoms with Crippen molar-refractivity contribution < 1.29 is 4.39 Å². The van der Waals surface area contributed by atoms with Gasteiger partial charge in [-0.05, 0) is 25.1 Å². The molecule has 0 N–H and O–H groups in total. The van der Waals surface area contributed by atoms with Gasteiger partial charge in [-0.1, -0.05) is 15.9 Å². The van der Waals surface area contributed by atoms with Gasteiger partial charge in [0.05, 0.1) is 11.2 Å². The Kier molecular flexibility index (Phi) is 2.46. The average molecular weight is 255 g/mol. The van der Waals surface area contributed by atoms with Gasteiger partial charge < -0.3 is 0 Å². The third kappa shape index (κ3) is 1.62. The Morgan fingerprint density at radius 1 is 1.36 bits per heavy atom. The molecule has 0 amide bonds. The van der Waals surface area contributed by atoms with E-state index >= 15 is 0 Å². The molecular weight excluding hydrogens is 247 g/mol. The van der Waals surface area contributed by atoms with Gasteiger partial charge in [0.2, 0.25) is 0 Å². The third-order valence-electron chi connectivity index (χ3n) is 2.00. The Bertz CT molecular complexity index is 471. The number of fused-ring (bicyclic) bond motifs is 1. The Balaban J connectivity index is 2.77. The van der Waals surface area contributed by atoms with Gasteiger partial charge in [0.25, 0.3) is 0 Å². The molecule has 2 aromatic rings. The molecule has 1 heterocycles. The predicted molar refractivity (Wildman–Crippen MR) is 56.8 cm³/mol. The summed E-state index contributed by atoms with van der Waals surface area (Å²) in [6.07, 6.45) is 0.316. The van der Waals surface area contributed by atoms with E-state index in [0.29, 0.717) is 5.69 Å². The quantitative estimate of drug-likeness (QED) is 0.780. The number of nitrogens with zero attached hydrogens (tertiary/aromatic N) is 2. The van der Waals surface area contributed by atoms with Crippen molar-refractivity contribution in [3.63, 3.8) is 0 Å². The number of alkyl halides is 1. The third-order valence-corrected chi connectivity index (χ3v) is 2.50. The van der Waals surface area contributed by atoms with E-state index in [-0.39, 0.29) is 0 Å². The maximum atomic E-state index is 13.2. The number of hydrogen-bond acceptors (Lipinski definition) is 2. The van der Waals surface area contributed by atoms with Crippen LogP contribution in [-0.2, 0) is 0 Å². The maximum Gasteiger partial charge on any atom is 0.140 e. The van der Waals surface area contributed by atoms with Gasteiger partial charge in [0, 0.05) is 9.86 Å². The van der Waals surface area contributed by atoms with E-state index in [0.717, 1.165) is 15.4 Å². The first-order chi connectivity index (χ1) is 6.68. The lowest BCUT2D eigenvalue weighted by Crippen LogP contribution is -1.94. The van der Waals surface area contributed by atoms with Crippen LogP contribution in [0.1, 0.15) is 18.8 Å². The van der Waals surface area contributed by atoms with Crippen LogP contribution in [0.15, 0.2) is 29.0 Å². The van der Waals surface area contributed by atoms with Crippen molar-refractivity contribution in [2.45, 2.75) is 13.1 Å². The fourth-order valence-corrected chi connectivity index (χ4v) is 1.73. The maximum absolute atomic E-state index is 13.2. The molecule has 0 radical (unpaired) electrons. The second-order valence-electron chi connectivity index (χ2n) is 3.04. The molecule has 0 fully saturated rings. The van der Waals surface area contributed by atoms with Gasteiger partial charge in [-0.25, -0.2) is 14.4 Å². The van der Waals surface area contributed by atoms with Crippen LogP contribution in [-0.4, -0.2) is 9.97 Å². The van der Waals surface area contributed by atoms with E-state index in [1.807, 2.05) is 18.2 Å². The molecule has 0 spiro atoms. The first-order valence-electron chi connectivity index (χ1n) is 4.22. The number of aromatic nitrogens is 2. The van der Waals surface area contributed by atoms with Crippen LogP contribution in [0.5, 0.6) is 0 Å². The summed E-state index contributed by atoms with van der Waals surface area (Å²) in [5, 5.41) is 0.761. The van der Waals surface area contributed by atoms with E-state index in [9.17, 15) is 4.39 Å². The average Bonchev–Trinajstić information content (AvgIpc) is 2.16. The molecule has 14 heavy (non-hydrogen) atoms. The lowest BCUT2D eigenvalue weighted by molar-refractivity contribution is 0.368. The molecule has 1 atom stereocenters. The Morgan fingerprint density at radius 3 is 2.86 bits per heavy atom. The fourth-order valence-electron chi connectivity index (χ4n) is 1.37. The minimum Gasteiger partial charge on any atom is -0.241 e. The summed E-state index contributed by atoms with van der Waals surface area (Å²) in [7, 11) is 0. The number of benzene rings is 1. The standard InChI is InChI=1S/C10H8BrFN2/c1-6(12)10-8-4-7(11)2-3-9(8)13-5-14-10/h2-6H,1H3. The van der Waals surface area contributed by atoms with E-state index in [2.05, 4.69) is 25.9 Å². The van der Waals surface area contributed by atoms with Gasteiger partial charge >= 0.3 is 0 Å². The zero-order valence-electron chi connectivity index (χ0n) is 7.54. The molecule has 4 heteroatoms. The van der Waals surface area contributed by atoms with Crippen LogP contribution >= 0.6 is 15.9 Å². The molecule has 1 aromatic heterocycles. The van der Waals surface area contributed by atoms with Crippen LogP contribution in [0.25, 0.3) is 10.9 Å².